The molecule has 15 heteroatoms. The van der Waals surface area contributed by atoms with Crippen LogP contribution < -0.4 is 26.0 Å². The fourth-order valence-corrected chi connectivity index (χ4v) is 7.88. The number of methoxy groups -OCH3 is 3. The van der Waals surface area contributed by atoms with E-state index in [0.29, 0.717) is 17.7 Å². The Balaban J connectivity index is 1.35. The molecule has 332 valence electrons. The minimum absolute atomic E-state index is 0.00942. The number of Topliss-reactive ketones (excluding diaryl/α,β-unsaturated/α-hetero) is 1. The van der Waals surface area contributed by atoms with Crippen molar-refractivity contribution in [1.82, 2.24) is 15.5 Å². The summed E-state index contributed by atoms with van der Waals surface area (Å²) in [7, 11) is 4.54. The Hall–Kier alpha value is -5.87. The minimum atomic E-state index is -1.05. The molecule has 2 heterocycles. The van der Waals surface area contributed by atoms with Crippen LogP contribution >= 0.6 is 0 Å². The summed E-state index contributed by atoms with van der Waals surface area (Å²) in [5.74, 6) is -2.56. The highest BCUT2D eigenvalue weighted by Gasteiger charge is 2.34. The molecule has 2 aromatic carbocycles. The van der Waals surface area contributed by atoms with Gasteiger partial charge in [0.2, 0.25) is 11.6 Å². The van der Waals surface area contributed by atoms with E-state index in [1.54, 1.807) is 45.2 Å². The third kappa shape index (κ3) is 12.2. The molecule has 6 atom stereocenters. The molecular weight excluding hydrogens is 795 g/mol. The van der Waals surface area contributed by atoms with Crippen LogP contribution in [0.3, 0.4) is 0 Å². The van der Waals surface area contributed by atoms with Gasteiger partial charge in [0.25, 0.3) is 11.8 Å². The lowest BCUT2D eigenvalue weighted by Gasteiger charge is -2.36. The number of ketones is 2. The summed E-state index contributed by atoms with van der Waals surface area (Å²) >= 11 is 0. The number of nitrogens with one attached hydrogen (secondary N) is 2. The van der Waals surface area contributed by atoms with Crippen molar-refractivity contribution < 1.29 is 48.0 Å². The lowest BCUT2D eigenvalue weighted by atomic mass is 9.85. The number of benzene rings is 2. The van der Waals surface area contributed by atoms with E-state index < -0.39 is 59.8 Å². The number of aliphatic hydroxyl groups is 1. The van der Waals surface area contributed by atoms with Crippen LogP contribution in [0.1, 0.15) is 56.5 Å². The van der Waals surface area contributed by atoms with E-state index in [2.05, 4.69) is 32.6 Å². The normalized spacial score (nSPS) is 26.9. The van der Waals surface area contributed by atoms with Crippen LogP contribution in [-0.2, 0) is 35.1 Å². The standard InChI is InChI=1S/C47H59N5O10/c1-28-23-36-41(50-46(57)33-13-11-32(12-14-33)27-51-19-21-52(22-20-51)34-15-17-35(59-5)18-16-34)38(53)26-37(43(36)55)49-45(56)29(2)9-8-10-39(60-6)44(62-47(48)58)31(4)25-30(3)42(54)40(24-28)61-7/h8-18,25-26,28,30,39-40,42,44,54H,19-24,27H2,1-7H3,(H2,48,58)(H,49,56)(H,50,57)/b10-8-,29-9+,31-25+/t28-,30+,39+,40+,42-,44+/m1/s1. The molecule has 2 aromatic rings. The number of piperazine rings is 1. The van der Waals surface area contributed by atoms with Gasteiger partial charge in [-0.15, -0.1) is 0 Å². The Morgan fingerprint density at radius 1 is 0.935 bits per heavy atom. The quantitative estimate of drug-likeness (QED) is 0.204. The average molecular weight is 854 g/mol. The first-order valence-corrected chi connectivity index (χ1v) is 20.7. The number of primary amides is 1. The smallest absolute Gasteiger partial charge is 0.405 e. The Morgan fingerprint density at radius 2 is 1.61 bits per heavy atom. The minimum Gasteiger partial charge on any atom is -0.497 e. The molecular formula is C47H59N5O10. The first kappa shape index (κ1) is 47.2. The van der Waals surface area contributed by atoms with E-state index in [1.165, 1.54) is 33.3 Å². The largest absolute Gasteiger partial charge is 0.497 e. The molecule has 1 aliphatic carbocycles. The number of allylic oxidation sites excluding steroid dienone is 4. The molecule has 0 unspecified atom stereocenters. The summed E-state index contributed by atoms with van der Waals surface area (Å²) < 4.78 is 22.0. The van der Waals surface area contributed by atoms with Crippen molar-refractivity contribution in [2.75, 3.05) is 52.4 Å². The van der Waals surface area contributed by atoms with E-state index in [-0.39, 0.29) is 41.3 Å². The molecule has 0 aromatic heterocycles. The van der Waals surface area contributed by atoms with Crippen molar-refractivity contribution in [2.24, 2.45) is 17.6 Å². The topological polar surface area (TPSA) is 199 Å². The molecule has 3 aliphatic rings. The second-order valence-electron chi connectivity index (χ2n) is 16.0. The monoisotopic (exact) mass is 853 g/mol. The van der Waals surface area contributed by atoms with Crippen LogP contribution in [0.25, 0.3) is 0 Å². The molecule has 1 fully saturated rings. The van der Waals surface area contributed by atoms with E-state index in [1.807, 2.05) is 31.2 Å². The summed E-state index contributed by atoms with van der Waals surface area (Å²) in [4.78, 5) is 71.6. The van der Waals surface area contributed by atoms with Crippen LogP contribution in [0.5, 0.6) is 5.75 Å². The van der Waals surface area contributed by atoms with Gasteiger partial charge in [0, 0.05) is 81.3 Å². The predicted molar refractivity (Wildman–Crippen MR) is 234 cm³/mol. The van der Waals surface area contributed by atoms with Gasteiger partial charge in [-0.25, -0.2) is 4.79 Å². The average Bonchev–Trinajstić information content (AvgIpc) is 3.26. The third-order valence-electron chi connectivity index (χ3n) is 11.5. The highest BCUT2D eigenvalue weighted by Crippen LogP contribution is 2.29. The van der Waals surface area contributed by atoms with Crippen LogP contribution in [0, 0.1) is 11.8 Å². The summed E-state index contributed by atoms with van der Waals surface area (Å²) in [6.07, 6.45) is 2.99. The van der Waals surface area contributed by atoms with Crippen LogP contribution in [0.2, 0.25) is 0 Å². The molecule has 0 radical (unpaired) electrons. The zero-order valence-corrected chi connectivity index (χ0v) is 36.5. The maximum absolute atomic E-state index is 14.2. The number of carbonyl (C=O) groups excluding carboxylic acids is 5. The number of aliphatic hydroxyl groups excluding tert-OH is 1. The fraction of sp³-hybridized carbons (Fsp3) is 0.426. The number of amides is 3. The first-order valence-electron chi connectivity index (χ1n) is 20.7. The van der Waals surface area contributed by atoms with Crippen molar-refractivity contribution >= 4 is 35.2 Å². The van der Waals surface area contributed by atoms with Crippen molar-refractivity contribution in [3.8, 4) is 5.75 Å². The lowest BCUT2D eigenvalue weighted by Crippen LogP contribution is -2.45. The molecule has 2 aliphatic heterocycles. The van der Waals surface area contributed by atoms with Crippen molar-refractivity contribution in [3.05, 3.63) is 118 Å². The van der Waals surface area contributed by atoms with Gasteiger partial charge in [-0.1, -0.05) is 50.3 Å². The highest BCUT2D eigenvalue weighted by atomic mass is 16.6. The van der Waals surface area contributed by atoms with Crippen molar-refractivity contribution in [1.29, 1.82) is 0 Å². The lowest BCUT2D eigenvalue weighted by molar-refractivity contribution is -0.120. The Labute approximate surface area is 363 Å². The Morgan fingerprint density at radius 3 is 2.23 bits per heavy atom. The first-order chi connectivity index (χ1) is 29.6. The third-order valence-corrected chi connectivity index (χ3v) is 11.5. The van der Waals surface area contributed by atoms with Gasteiger partial charge in [-0.05, 0) is 80.1 Å². The van der Waals surface area contributed by atoms with Gasteiger partial charge in [0.05, 0.1) is 30.7 Å². The summed E-state index contributed by atoms with van der Waals surface area (Å²) in [6, 6.07) is 15.2. The van der Waals surface area contributed by atoms with Crippen LogP contribution in [0.15, 0.2) is 107 Å². The zero-order chi connectivity index (χ0) is 45.1. The predicted octanol–water partition coefficient (Wildman–Crippen LogP) is 4.52. The van der Waals surface area contributed by atoms with Crippen LogP contribution in [-0.4, -0.2) is 111 Å². The molecule has 15 nitrogen and oxygen atoms in total. The second-order valence-corrected chi connectivity index (χ2v) is 16.0. The van der Waals surface area contributed by atoms with E-state index in [9.17, 15) is 29.1 Å². The Kier molecular flexibility index (Phi) is 16.6. The molecule has 0 spiro atoms. The van der Waals surface area contributed by atoms with E-state index >= 15 is 0 Å². The number of carbonyl (C=O) groups is 5. The molecule has 2 bridgehead atoms. The highest BCUT2D eigenvalue weighted by molar-refractivity contribution is 6.24. The fourth-order valence-electron chi connectivity index (χ4n) is 7.88. The molecule has 5 rings (SSSR count). The summed E-state index contributed by atoms with van der Waals surface area (Å²) in [6.45, 7) is 11.0. The SMILES string of the molecule is COc1ccc(N2CCN(Cc3ccc(C(=O)NC4=C5C[C@@H](C)C[C@H](OC)[C@H](O)[C@@H](C)/C=C(\C)[C@H](OC(N)=O)[C@@H](OC)/C=C\C=C(/C)C(=O)NC(=CC4=O)C5=O)cc3)CC2)cc1. The number of nitrogens with two attached hydrogens (primary N) is 1. The van der Waals surface area contributed by atoms with Gasteiger partial charge in [-0.3, -0.25) is 24.1 Å². The number of fused-ring (bicyclic) bond motifs is 2. The van der Waals surface area contributed by atoms with Gasteiger partial charge >= 0.3 is 6.09 Å². The molecule has 62 heavy (non-hydrogen) atoms. The van der Waals surface area contributed by atoms with Gasteiger partial charge in [-0.2, -0.15) is 0 Å². The van der Waals surface area contributed by atoms with Gasteiger partial charge in [0.1, 0.15) is 11.9 Å². The van der Waals surface area contributed by atoms with Crippen LogP contribution in [0.4, 0.5) is 10.5 Å². The molecule has 5 N–H and O–H groups in total. The number of nitrogens with zero attached hydrogens (tertiary/aromatic N) is 2. The number of ether oxygens (including phenoxy) is 4. The molecule has 3 amide bonds. The Bertz CT molecular complexity index is 2120. The van der Waals surface area contributed by atoms with Gasteiger partial charge < -0.3 is 45.3 Å². The van der Waals surface area contributed by atoms with E-state index in [0.717, 1.165) is 49.3 Å². The van der Waals surface area contributed by atoms with Crippen molar-refractivity contribution in [3.63, 3.8) is 0 Å². The zero-order valence-electron chi connectivity index (χ0n) is 36.5. The number of hydrogen-bond acceptors (Lipinski definition) is 12. The van der Waals surface area contributed by atoms with Gasteiger partial charge in [0.15, 0.2) is 6.10 Å². The second kappa shape index (κ2) is 21.8. The number of anilines is 1. The van der Waals surface area contributed by atoms with Crippen molar-refractivity contribution in [2.45, 2.75) is 71.5 Å². The molecule has 1 saturated heterocycles. The summed E-state index contributed by atoms with van der Waals surface area (Å²) in [5.41, 5.74) is 8.20. The number of hydrogen-bond donors (Lipinski definition) is 4. The maximum Gasteiger partial charge on any atom is 0.405 e. The maximum atomic E-state index is 14.2. The van der Waals surface area contributed by atoms with E-state index in [4.69, 9.17) is 24.7 Å². The molecule has 0 saturated carbocycles. The summed E-state index contributed by atoms with van der Waals surface area (Å²) in [5, 5.41) is 16.8. The number of rotatable bonds is 9.